The van der Waals surface area contributed by atoms with Crippen LogP contribution in [0.2, 0.25) is 0 Å². The van der Waals surface area contributed by atoms with Crippen LogP contribution in [0.5, 0.6) is 17.2 Å². The smallest absolute Gasteiger partial charge is 0.407 e. The minimum atomic E-state index is -0.616. The van der Waals surface area contributed by atoms with E-state index in [1.165, 1.54) is 32.8 Å². The number of carbonyl (C=O) groups excluding carboxylic acids is 2. The molecule has 0 unspecified atom stereocenters. The number of methoxy groups -OCH3 is 2. The van der Waals surface area contributed by atoms with Gasteiger partial charge in [-0.3, -0.25) is 14.8 Å². The highest BCUT2D eigenvalue weighted by molar-refractivity contribution is 6.00. The van der Waals surface area contributed by atoms with Gasteiger partial charge in [0.2, 0.25) is 0 Å². The highest BCUT2D eigenvalue weighted by Gasteiger charge is 2.22. The summed E-state index contributed by atoms with van der Waals surface area (Å²) in [6.45, 7) is 9.68. The molecule has 1 N–H and O–H groups in total. The molecule has 212 valence electrons. The summed E-state index contributed by atoms with van der Waals surface area (Å²) in [5.41, 5.74) is 1.10. The molecule has 0 saturated carbocycles. The highest BCUT2D eigenvalue weighted by Crippen LogP contribution is 2.34. The number of aromatic nitrogens is 2. The normalized spacial score (nSPS) is 12.0. The van der Waals surface area contributed by atoms with Gasteiger partial charge in [0.25, 0.3) is 0 Å². The Morgan fingerprint density at radius 1 is 1.05 bits per heavy atom. The molecule has 0 fully saturated rings. The van der Waals surface area contributed by atoms with Gasteiger partial charge in [-0.1, -0.05) is 13.8 Å². The third kappa shape index (κ3) is 8.06. The summed E-state index contributed by atoms with van der Waals surface area (Å²) in [4.78, 5) is 34.2. The molecule has 10 heteroatoms. The molecule has 0 spiro atoms. The number of amides is 1. The van der Waals surface area contributed by atoms with Crippen LogP contribution >= 0.6 is 0 Å². The molecule has 0 radical (unpaired) electrons. The fraction of sp³-hybridized carbons (Fsp3) is 0.433. The Kier molecular flexibility index (Phi) is 9.88. The number of benzene rings is 1. The van der Waals surface area contributed by atoms with Crippen molar-refractivity contribution in [2.75, 3.05) is 20.8 Å². The van der Waals surface area contributed by atoms with Crippen molar-refractivity contribution in [3.8, 4) is 23.3 Å². The third-order valence-electron chi connectivity index (χ3n) is 5.91. The quantitative estimate of drug-likeness (QED) is 0.318. The maximum absolute atomic E-state index is 13.4. The van der Waals surface area contributed by atoms with Crippen molar-refractivity contribution in [1.29, 1.82) is 5.26 Å². The lowest BCUT2D eigenvalue weighted by atomic mass is 9.96. The van der Waals surface area contributed by atoms with E-state index < -0.39 is 11.7 Å². The first-order chi connectivity index (χ1) is 18.9. The number of fused-ring (bicyclic) bond motifs is 1. The van der Waals surface area contributed by atoms with E-state index in [0.29, 0.717) is 51.6 Å². The van der Waals surface area contributed by atoms with Gasteiger partial charge in [-0.15, -0.1) is 0 Å². The molecule has 10 nitrogen and oxygen atoms in total. The van der Waals surface area contributed by atoms with Gasteiger partial charge >= 0.3 is 6.09 Å². The van der Waals surface area contributed by atoms with Crippen LogP contribution in [0.15, 0.2) is 36.8 Å². The van der Waals surface area contributed by atoms with E-state index in [1.54, 1.807) is 39.0 Å². The van der Waals surface area contributed by atoms with E-state index >= 15 is 0 Å². The van der Waals surface area contributed by atoms with Gasteiger partial charge in [0.05, 0.1) is 37.5 Å². The fourth-order valence-corrected chi connectivity index (χ4v) is 4.18. The highest BCUT2D eigenvalue weighted by atomic mass is 16.6. The molecule has 3 rings (SSSR count). The number of nitrogens with zero attached hydrogens (tertiary/aromatic N) is 3. The van der Waals surface area contributed by atoms with Crippen molar-refractivity contribution in [3.63, 3.8) is 0 Å². The molecule has 0 bridgehead atoms. The second-order valence-electron chi connectivity index (χ2n) is 10.8. The first-order valence-corrected chi connectivity index (χ1v) is 13.0. The third-order valence-corrected chi connectivity index (χ3v) is 5.91. The van der Waals surface area contributed by atoms with Crippen LogP contribution in [-0.4, -0.2) is 54.3 Å². The number of hydrogen-bond acceptors (Lipinski definition) is 9. The van der Waals surface area contributed by atoms with Gasteiger partial charge in [0.1, 0.15) is 24.0 Å². The Bertz CT molecular complexity index is 1410. The van der Waals surface area contributed by atoms with Crippen molar-refractivity contribution in [1.82, 2.24) is 15.3 Å². The number of nitrogens with one attached hydrogen (secondary N) is 1. The van der Waals surface area contributed by atoms with E-state index in [1.807, 2.05) is 0 Å². The molecule has 2 heterocycles. The van der Waals surface area contributed by atoms with Crippen LogP contribution in [0.3, 0.4) is 0 Å². The lowest BCUT2D eigenvalue weighted by Crippen LogP contribution is -2.42. The van der Waals surface area contributed by atoms with Gasteiger partial charge in [-0.2, -0.15) is 5.26 Å². The van der Waals surface area contributed by atoms with Crippen LogP contribution in [-0.2, 0) is 11.2 Å². The van der Waals surface area contributed by atoms with Crippen molar-refractivity contribution in [2.45, 2.75) is 59.1 Å². The van der Waals surface area contributed by atoms with E-state index in [0.717, 1.165) is 0 Å². The summed E-state index contributed by atoms with van der Waals surface area (Å²) in [5.74, 6) is 1.40. The van der Waals surface area contributed by atoms with E-state index in [2.05, 4.69) is 35.2 Å². The number of ether oxygens (including phenoxy) is 4. The topological polar surface area (TPSA) is 133 Å². The average Bonchev–Trinajstić information content (AvgIpc) is 2.89. The lowest BCUT2D eigenvalue weighted by molar-refractivity contribution is 0.0480. The SMILES string of the molecule is COc1cc2ncc(C#N)c(CC(=O)c3cncc(OC[C@@H](CC(C)C)NC(=O)OC(C)(C)C)c3)c2cc1OC. The van der Waals surface area contributed by atoms with Crippen LogP contribution in [0.25, 0.3) is 10.9 Å². The second-order valence-corrected chi connectivity index (χ2v) is 10.8. The van der Waals surface area contributed by atoms with Gasteiger partial charge in [0.15, 0.2) is 17.3 Å². The molecule has 0 aliphatic rings. The molecule has 40 heavy (non-hydrogen) atoms. The van der Waals surface area contributed by atoms with Gasteiger partial charge < -0.3 is 24.3 Å². The molecule has 1 atom stereocenters. The summed E-state index contributed by atoms with van der Waals surface area (Å²) < 4.78 is 22.1. The van der Waals surface area contributed by atoms with Crippen LogP contribution < -0.4 is 19.5 Å². The first kappa shape index (κ1) is 30.2. The molecule has 0 aliphatic carbocycles. The predicted octanol–water partition coefficient (Wildman–Crippen LogP) is 5.26. The van der Waals surface area contributed by atoms with Crippen LogP contribution in [0.4, 0.5) is 4.79 Å². The Hall–Kier alpha value is -4.39. The Morgan fingerprint density at radius 3 is 2.38 bits per heavy atom. The van der Waals surface area contributed by atoms with Crippen molar-refractivity contribution < 1.29 is 28.5 Å². The van der Waals surface area contributed by atoms with Crippen molar-refractivity contribution in [2.24, 2.45) is 5.92 Å². The summed E-state index contributed by atoms with van der Waals surface area (Å²) in [6, 6.07) is 6.85. The monoisotopic (exact) mass is 548 g/mol. The summed E-state index contributed by atoms with van der Waals surface area (Å²) >= 11 is 0. The standard InChI is InChI=1S/C30H36N4O6/c1-18(2)8-21(34-29(36)40-30(3,4)5)17-39-22-9-19(14-32-16-22)26(35)10-23-20(13-31)15-33-25-12-28(38-7)27(37-6)11-24(23)25/h9,11-12,14-16,18,21H,8,10,17H2,1-7H3,(H,34,36)/t21-/m1/s1. The van der Waals surface area contributed by atoms with Crippen molar-refractivity contribution >= 4 is 22.8 Å². The fourth-order valence-electron chi connectivity index (χ4n) is 4.18. The Morgan fingerprint density at radius 2 is 1.75 bits per heavy atom. The lowest BCUT2D eigenvalue weighted by Gasteiger charge is -2.24. The maximum Gasteiger partial charge on any atom is 0.407 e. The van der Waals surface area contributed by atoms with Gasteiger partial charge in [-0.05, 0) is 50.8 Å². The second kappa shape index (κ2) is 13.1. The predicted molar refractivity (Wildman–Crippen MR) is 150 cm³/mol. The summed E-state index contributed by atoms with van der Waals surface area (Å²) in [6.07, 6.45) is 4.51. The minimum absolute atomic E-state index is 0.0568. The average molecular weight is 549 g/mol. The summed E-state index contributed by atoms with van der Waals surface area (Å²) in [7, 11) is 3.04. The number of alkyl carbamates (subject to hydrolysis) is 1. The minimum Gasteiger partial charge on any atom is -0.493 e. The van der Waals surface area contributed by atoms with Gasteiger partial charge in [-0.25, -0.2) is 4.79 Å². The molecule has 1 amide bonds. The number of rotatable bonds is 11. The molecule has 3 aromatic rings. The first-order valence-electron chi connectivity index (χ1n) is 13.0. The number of nitriles is 1. The van der Waals surface area contributed by atoms with Crippen molar-refractivity contribution in [3.05, 3.63) is 53.5 Å². The molecular weight excluding hydrogens is 512 g/mol. The zero-order chi connectivity index (χ0) is 29.4. The number of Topliss-reactive ketones (excluding diaryl/α,β-unsaturated/α-hetero) is 1. The number of ketones is 1. The molecule has 1 aromatic carbocycles. The molecule has 0 aliphatic heterocycles. The van der Waals surface area contributed by atoms with Crippen LogP contribution in [0.1, 0.15) is 62.5 Å². The number of carbonyl (C=O) groups is 2. The molecular formula is C30H36N4O6. The van der Waals surface area contributed by atoms with E-state index in [-0.39, 0.29) is 30.4 Å². The number of pyridine rings is 2. The Labute approximate surface area is 234 Å². The van der Waals surface area contributed by atoms with Gasteiger partial charge in [0, 0.05) is 35.8 Å². The van der Waals surface area contributed by atoms with E-state index in [9.17, 15) is 14.9 Å². The zero-order valence-electron chi connectivity index (χ0n) is 24.0. The Balaban J connectivity index is 1.80. The molecule has 2 aromatic heterocycles. The van der Waals surface area contributed by atoms with Crippen LogP contribution in [0, 0.1) is 17.2 Å². The van der Waals surface area contributed by atoms with E-state index in [4.69, 9.17) is 18.9 Å². The zero-order valence-corrected chi connectivity index (χ0v) is 24.0. The molecule has 0 saturated heterocycles. The summed E-state index contributed by atoms with van der Waals surface area (Å²) in [5, 5.41) is 13.2. The largest absolute Gasteiger partial charge is 0.493 e. The maximum atomic E-state index is 13.4. The number of hydrogen-bond donors (Lipinski definition) is 1.